The van der Waals surface area contributed by atoms with Gasteiger partial charge in [0, 0.05) is 12.1 Å². The Balaban J connectivity index is 2.36. The molecule has 1 amide bonds. The molecular formula is C15H24N2O2. The van der Waals surface area contributed by atoms with Crippen molar-refractivity contribution in [1.82, 2.24) is 5.32 Å². The van der Waals surface area contributed by atoms with Crippen molar-refractivity contribution in [2.24, 2.45) is 5.73 Å². The van der Waals surface area contributed by atoms with Crippen LogP contribution in [0.1, 0.15) is 43.5 Å². The Morgan fingerprint density at radius 2 is 1.89 bits per heavy atom. The fraction of sp³-hybridized carbons (Fsp3) is 0.533. The first-order valence-corrected chi connectivity index (χ1v) is 6.88. The molecule has 0 heterocycles. The molecule has 1 aromatic rings. The first-order valence-electron chi connectivity index (χ1n) is 6.88. The average molecular weight is 264 g/mol. The molecule has 0 saturated heterocycles. The van der Waals surface area contributed by atoms with Crippen LogP contribution in [-0.4, -0.2) is 25.1 Å². The summed E-state index contributed by atoms with van der Waals surface area (Å²) in [5, 5.41) is 2.90. The molecule has 0 fully saturated rings. The number of unbranched alkanes of at least 4 members (excludes halogenated alkanes) is 2. The van der Waals surface area contributed by atoms with E-state index in [4.69, 9.17) is 10.5 Å². The first-order chi connectivity index (χ1) is 9.13. The molecule has 19 heavy (non-hydrogen) atoms. The first kappa shape index (κ1) is 15.5. The third-order valence-corrected chi connectivity index (χ3v) is 2.65. The van der Waals surface area contributed by atoms with Crippen LogP contribution in [0.25, 0.3) is 0 Å². The van der Waals surface area contributed by atoms with E-state index in [1.165, 1.54) is 0 Å². The molecule has 0 bridgehead atoms. The van der Waals surface area contributed by atoms with Crippen LogP contribution < -0.4 is 15.8 Å². The Bertz CT molecular complexity index is 374. The molecule has 0 aliphatic rings. The summed E-state index contributed by atoms with van der Waals surface area (Å²) >= 11 is 0. The van der Waals surface area contributed by atoms with E-state index in [1.54, 1.807) is 12.1 Å². The van der Waals surface area contributed by atoms with Crippen LogP contribution in [0.2, 0.25) is 0 Å². The Morgan fingerprint density at radius 3 is 2.47 bits per heavy atom. The van der Waals surface area contributed by atoms with Gasteiger partial charge in [-0.05, 0) is 57.5 Å². The summed E-state index contributed by atoms with van der Waals surface area (Å²) in [7, 11) is 0. The predicted octanol–water partition coefficient (Wildman–Crippen LogP) is 2.33. The van der Waals surface area contributed by atoms with Crippen molar-refractivity contribution in [2.75, 3.05) is 13.1 Å². The van der Waals surface area contributed by atoms with Crippen LogP contribution in [0.4, 0.5) is 0 Å². The van der Waals surface area contributed by atoms with Crippen LogP contribution in [0.15, 0.2) is 24.3 Å². The van der Waals surface area contributed by atoms with E-state index >= 15 is 0 Å². The van der Waals surface area contributed by atoms with Gasteiger partial charge in [-0.3, -0.25) is 4.79 Å². The fourth-order valence-corrected chi connectivity index (χ4v) is 1.71. The second-order valence-corrected chi connectivity index (χ2v) is 4.80. The SMILES string of the molecule is CC(C)Oc1ccc(C(=O)NCCCCCN)cc1. The van der Waals surface area contributed by atoms with Gasteiger partial charge >= 0.3 is 0 Å². The normalized spacial score (nSPS) is 10.5. The van der Waals surface area contributed by atoms with Gasteiger partial charge in [-0.2, -0.15) is 0 Å². The van der Waals surface area contributed by atoms with Crippen molar-refractivity contribution in [2.45, 2.75) is 39.2 Å². The van der Waals surface area contributed by atoms with Crippen LogP contribution in [-0.2, 0) is 0 Å². The zero-order valence-electron chi connectivity index (χ0n) is 11.8. The monoisotopic (exact) mass is 264 g/mol. The van der Waals surface area contributed by atoms with Crippen LogP contribution in [0.5, 0.6) is 5.75 Å². The lowest BCUT2D eigenvalue weighted by molar-refractivity contribution is 0.0953. The third kappa shape index (κ3) is 6.25. The number of carbonyl (C=O) groups excluding carboxylic acids is 1. The van der Waals surface area contributed by atoms with E-state index in [0.717, 1.165) is 25.0 Å². The Labute approximate surface area is 115 Å². The number of nitrogens with two attached hydrogens (primary N) is 1. The van der Waals surface area contributed by atoms with Gasteiger partial charge in [0.25, 0.3) is 5.91 Å². The molecular weight excluding hydrogens is 240 g/mol. The van der Waals surface area contributed by atoms with Gasteiger partial charge in [-0.25, -0.2) is 0 Å². The summed E-state index contributed by atoms with van der Waals surface area (Å²) in [5.74, 6) is 0.748. The molecule has 4 heteroatoms. The minimum Gasteiger partial charge on any atom is -0.491 e. The van der Waals surface area contributed by atoms with E-state index in [1.807, 2.05) is 26.0 Å². The maximum absolute atomic E-state index is 11.8. The Morgan fingerprint density at radius 1 is 1.21 bits per heavy atom. The third-order valence-electron chi connectivity index (χ3n) is 2.65. The lowest BCUT2D eigenvalue weighted by Gasteiger charge is -2.10. The number of hydrogen-bond donors (Lipinski definition) is 2. The summed E-state index contributed by atoms with van der Waals surface area (Å²) in [6, 6.07) is 7.21. The standard InChI is InChI=1S/C15H24N2O2/c1-12(2)19-14-8-6-13(7-9-14)15(18)17-11-5-3-4-10-16/h6-9,12H,3-5,10-11,16H2,1-2H3,(H,17,18). The summed E-state index contributed by atoms with van der Waals surface area (Å²) in [5.41, 5.74) is 6.07. The fourth-order valence-electron chi connectivity index (χ4n) is 1.71. The lowest BCUT2D eigenvalue weighted by Crippen LogP contribution is -2.24. The molecule has 1 aromatic carbocycles. The Kier molecular flexibility index (Phi) is 6.97. The van der Waals surface area contributed by atoms with Crippen molar-refractivity contribution in [3.8, 4) is 5.75 Å². The van der Waals surface area contributed by atoms with E-state index in [0.29, 0.717) is 18.7 Å². The maximum Gasteiger partial charge on any atom is 0.251 e. The van der Waals surface area contributed by atoms with Gasteiger partial charge in [-0.1, -0.05) is 6.42 Å². The minimum atomic E-state index is -0.0381. The van der Waals surface area contributed by atoms with Crippen molar-refractivity contribution in [3.05, 3.63) is 29.8 Å². The van der Waals surface area contributed by atoms with Gasteiger partial charge in [0.1, 0.15) is 5.75 Å². The Hall–Kier alpha value is -1.55. The topological polar surface area (TPSA) is 64.3 Å². The molecule has 0 radical (unpaired) electrons. The quantitative estimate of drug-likeness (QED) is 0.708. The van der Waals surface area contributed by atoms with Gasteiger partial charge in [-0.15, -0.1) is 0 Å². The maximum atomic E-state index is 11.8. The molecule has 0 saturated carbocycles. The van der Waals surface area contributed by atoms with Gasteiger partial charge in [0.05, 0.1) is 6.10 Å². The molecule has 0 aromatic heterocycles. The molecule has 1 rings (SSSR count). The number of ether oxygens (including phenoxy) is 1. The number of rotatable bonds is 8. The summed E-state index contributed by atoms with van der Waals surface area (Å²) in [6.07, 6.45) is 3.18. The van der Waals surface area contributed by atoms with E-state index < -0.39 is 0 Å². The van der Waals surface area contributed by atoms with E-state index in [-0.39, 0.29) is 12.0 Å². The number of amides is 1. The van der Waals surface area contributed by atoms with Gasteiger partial charge in [0.15, 0.2) is 0 Å². The van der Waals surface area contributed by atoms with E-state index in [2.05, 4.69) is 5.32 Å². The highest BCUT2D eigenvalue weighted by Crippen LogP contribution is 2.13. The lowest BCUT2D eigenvalue weighted by atomic mass is 10.2. The zero-order valence-corrected chi connectivity index (χ0v) is 11.8. The number of nitrogens with one attached hydrogen (secondary N) is 1. The number of carbonyl (C=O) groups is 1. The van der Waals surface area contributed by atoms with Crippen molar-refractivity contribution in [3.63, 3.8) is 0 Å². The second kappa shape index (κ2) is 8.53. The zero-order chi connectivity index (χ0) is 14.1. The molecule has 0 atom stereocenters. The highest BCUT2D eigenvalue weighted by molar-refractivity contribution is 5.94. The van der Waals surface area contributed by atoms with Crippen molar-refractivity contribution >= 4 is 5.91 Å². The largest absolute Gasteiger partial charge is 0.491 e. The molecule has 0 aliphatic heterocycles. The second-order valence-electron chi connectivity index (χ2n) is 4.80. The van der Waals surface area contributed by atoms with E-state index in [9.17, 15) is 4.79 Å². The van der Waals surface area contributed by atoms with Crippen LogP contribution in [0.3, 0.4) is 0 Å². The molecule has 0 spiro atoms. The highest BCUT2D eigenvalue weighted by atomic mass is 16.5. The average Bonchev–Trinajstić information content (AvgIpc) is 2.38. The summed E-state index contributed by atoms with van der Waals surface area (Å²) in [6.45, 7) is 5.36. The molecule has 0 unspecified atom stereocenters. The summed E-state index contributed by atoms with van der Waals surface area (Å²) in [4.78, 5) is 11.8. The minimum absolute atomic E-state index is 0.0381. The molecule has 4 nitrogen and oxygen atoms in total. The van der Waals surface area contributed by atoms with Crippen LogP contribution in [0, 0.1) is 0 Å². The number of hydrogen-bond acceptors (Lipinski definition) is 3. The van der Waals surface area contributed by atoms with Gasteiger partial charge < -0.3 is 15.8 Å². The molecule has 106 valence electrons. The predicted molar refractivity (Wildman–Crippen MR) is 77.4 cm³/mol. The van der Waals surface area contributed by atoms with Crippen molar-refractivity contribution < 1.29 is 9.53 Å². The number of benzene rings is 1. The smallest absolute Gasteiger partial charge is 0.251 e. The van der Waals surface area contributed by atoms with Crippen LogP contribution >= 0.6 is 0 Å². The molecule has 3 N–H and O–H groups in total. The highest BCUT2D eigenvalue weighted by Gasteiger charge is 2.05. The molecule has 0 aliphatic carbocycles. The summed E-state index contributed by atoms with van der Waals surface area (Å²) < 4.78 is 5.53. The van der Waals surface area contributed by atoms with Crippen molar-refractivity contribution in [1.29, 1.82) is 0 Å². The van der Waals surface area contributed by atoms with Gasteiger partial charge in [0.2, 0.25) is 0 Å².